The summed E-state index contributed by atoms with van der Waals surface area (Å²) in [7, 11) is -3.74. The van der Waals surface area contributed by atoms with Crippen molar-refractivity contribution in [2.75, 3.05) is 41.9 Å². The van der Waals surface area contributed by atoms with Crippen molar-refractivity contribution < 1.29 is 17.6 Å². The first-order valence-electron chi connectivity index (χ1n) is 11.5. The Bertz CT molecular complexity index is 1360. The van der Waals surface area contributed by atoms with Crippen molar-refractivity contribution in [1.82, 2.24) is 4.90 Å². The second-order valence-corrected chi connectivity index (χ2v) is 11.0. The highest BCUT2D eigenvalue weighted by Crippen LogP contribution is 2.33. The van der Waals surface area contributed by atoms with Gasteiger partial charge in [-0.3, -0.25) is 9.10 Å². The molecule has 0 unspecified atom stereocenters. The smallest absolute Gasteiger partial charge is 0.264 e. The number of aryl methyl sites for hydroxylation is 1. The van der Waals surface area contributed by atoms with Gasteiger partial charge in [-0.25, -0.2) is 12.8 Å². The van der Waals surface area contributed by atoms with Gasteiger partial charge in [0.05, 0.1) is 16.3 Å². The highest BCUT2D eigenvalue weighted by molar-refractivity contribution is 7.92. The highest BCUT2D eigenvalue weighted by Gasteiger charge is 2.30. The summed E-state index contributed by atoms with van der Waals surface area (Å²) in [6, 6.07) is 18.0. The Morgan fingerprint density at radius 1 is 0.857 bits per heavy atom. The summed E-state index contributed by atoms with van der Waals surface area (Å²) in [5.74, 6) is -0.362. The summed E-state index contributed by atoms with van der Waals surface area (Å²) in [4.78, 5) is 17.1. The number of benzene rings is 3. The van der Waals surface area contributed by atoms with E-state index in [0.717, 1.165) is 5.56 Å². The Balaban J connectivity index is 1.33. The van der Waals surface area contributed by atoms with Crippen LogP contribution in [0.5, 0.6) is 0 Å². The van der Waals surface area contributed by atoms with E-state index in [-0.39, 0.29) is 16.6 Å². The van der Waals surface area contributed by atoms with Gasteiger partial charge in [-0.1, -0.05) is 23.7 Å². The van der Waals surface area contributed by atoms with Gasteiger partial charge in [0.2, 0.25) is 0 Å². The van der Waals surface area contributed by atoms with Crippen LogP contribution in [0.25, 0.3) is 0 Å². The lowest BCUT2D eigenvalue weighted by Crippen LogP contribution is -2.49. The molecule has 35 heavy (non-hydrogen) atoms. The van der Waals surface area contributed by atoms with Crippen LogP contribution in [-0.4, -0.2) is 51.9 Å². The summed E-state index contributed by atoms with van der Waals surface area (Å²) in [5, 5.41) is 0.473. The van der Waals surface area contributed by atoms with Gasteiger partial charge in [-0.2, -0.15) is 0 Å². The standard InChI is InChI=1S/C26H25ClFN3O3S/c27-21-8-10-22(11-9-21)35(33,34)31-13-3-4-19-18-20(7-12-24(19)31)26(32)30-16-14-29(15-17-30)25-6-2-1-5-23(25)28/h1-2,5-12,18H,3-4,13-17H2. The van der Waals surface area contributed by atoms with E-state index in [1.807, 2.05) is 11.0 Å². The van der Waals surface area contributed by atoms with Crippen LogP contribution >= 0.6 is 11.6 Å². The van der Waals surface area contributed by atoms with Gasteiger partial charge < -0.3 is 9.80 Å². The molecule has 6 nitrogen and oxygen atoms in total. The van der Waals surface area contributed by atoms with Crippen LogP contribution in [0.3, 0.4) is 0 Å². The van der Waals surface area contributed by atoms with Gasteiger partial charge in [0.1, 0.15) is 5.82 Å². The third-order valence-corrected chi connectivity index (χ3v) is 8.64. The van der Waals surface area contributed by atoms with E-state index >= 15 is 0 Å². The van der Waals surface area contributed by atoms with Crippen molar-refractivity contribution in [2.45, 2.75) is 17.7 Å². The molecule has 0 spiro atoms. The number of hydrogen-bond donors (Lipinski definition) is 0. The topological polar surface area (TPSA) is 60.9 Å². The Labute approximate surface area is 209 Å². The fourth-order valence-corrected chi connectivity index (χ4v) is 6.39. The Morgan fingerprint density at radius 3 is 2.29 bits per heavy atom. The number of carbonyl (C=O) groups excluding carboxylic acids is 1. The first-order valence-corrected chi connectivity index (χ1v) is 13.4. The van der Waals surface area contributed by atoms with Gasteiger partial charge >= 0.3 is 0 Å². The van der Waals surface area contributed by atoms with Crippen molar-refractivity contribution in [2.24, 2.45) is 0 Å². The zero-order valence-corrected chi connectivity index (χ0v) is 20.6. The maximum absolute atomic E-state index is 14.1. The number of piperazine rings is 1. The van der Waals surface area contributed by atoms with E-state index in [4.69, 9.17) is 11.6 Å². The first kappa shape index (κ1) is 23.6. The van der Waals surface area contributed by atoms with Gasteiger partial charge in [0.25, 0.3) is 15.9 Å². The largest absolute Gasteiger partial charge is 0.366 e. The van der Waals surface area contributed by atoms with Crippen molar-refractivity contribution in [3.05, 3.63) is 88.7 Å². The number of carbonyl (C=O) groups is 1. The molecule has 0 saturated carbocycles. The molecular weight excluding hydrogens is 489 g/mol. The Hall–Kier alpha value is -3.10. The van der Waals surface area contributed by atoms with Crippen molar-refractivity contribution >= 4 is 38.9 Å². The second-order valence-electron chi connectivity index (χ2n) is 8.71. The lowest BCUT2D eigenvalue weighted by molar-refractivity contribution is 0.0746. The van der Waals surface area contributed by atoms with Crippen LogP contribution in [0.4, 0.5) is 15.8 Å². The maximum atomic E-state index is 14.1. The minimum absolute atomic E-state index is 0.0985. The normalized spacial score (nSPS) is 16.2. The summed E-state index contributed by atoms with van der Waals surface area (Å²) in [5.41, 5.74) is 2.53. The molecule has 9 heteroatoms. The van der Waals surface area contributed by atoms with Gasteiger partial charge in [0.15, 0.2) is 0 Å². The molecule has 5 rings (SSSR count). The van der Waals surface area contributed by atoms with Crippen molar-refractivity contribution in [1.29, 1.82) is 0 Å². The van der Waals surface area contributed by atoms with Crippen molar-refractivity contribution in [3.8, 4) is 0 Å². The van der Waals surface area contributed by atoms with Crippen LogP contribution in [0.2, 0.25) is 5.02 Å². The third-order valence-electron chi connectivity index (χ3n) is 6.56. The second kappa shape index (κ2) is 9.51. The molecule has 0 N–H and O–H groups in total. The molecule has 182 valence electrons. The molecule has 3 aromatic carbocycles. The van der Waals surface area contributed by atoms with E-state index in [2.05, 4.69) is 0 Å². The lowest BCUT2D eigenvalue weighted by atomic mass is 10.00. The number of sulfonamides is 1. The maximum Gasteiger partial charge on any atom is 0.264 e. The number of amides is 1. The molecular formula is C26H25ClFN3O3S. The summed E-state index contributed by atoms with van der Waals surface area (Å²) < 4.78 is 42.1. The molecule has 0 radical (unpaired) electrons. The average Bonchev–Trinajstić information content (AvgIpc) is 2.88. The van der Waals surface area contributed by atoms with Crippen LogP contribution in [0.1, 0.15) is 22.3 Å². The fourth-order valence-electron chi connectivity index (χ4n) is 4.72. The Morgan fingerprint density at radius 2 is 1.57 bits per heavy atom. The zero-order valence-electron chi connectivity index (χ0n) is 19.0. The number of para-hydroxylation sites is 1. The molecule has 0 bridgehead atoms. The van der Waals surface area contributed by atoms with E-state index < -0.39 is 10.0 Å². The van der Waals surface area contributed by atoms with Gasteiger partial charge in [-0.05, 0) is 73.0 Å². The molecule has 3 aromatic rings. The predicted molar refractivity (Wildman–Crippen MR) is 135 cm³/mol. The van der Waals surface area contributed by atoms with E-state index in [1.54, 1.807) is 47.4 Å². The Kier molecular flexibility index (Phi) is 6.42. The van der Waals surface area contributed by atoms with Gasteiger partial charge in [-0.15, -0.1) is 0 Å². The monoisotopic (exact) mass is 513 g/mol. The number of hydrogen-bond acceptors (Lipinski definition) is 4. The fraction of sp³-hybridized carbons (Fsp3) is 0.269. The lowest BCUT2D eigenvalue weighted by Gasteiger charge is -2.36. The van der Waals surface area contributed by atoms with Crippen LogP contribution in [0.15, 0.2) is 71.6 Å². The van der Waals surface area contributed by atoms with E-state index in [0.29, 0.717) is 67.5 Å². The van der Waals surface area contributed by atoms with Crippen LogP contribution in [0, 0.1) is 5.82 Å². The van der Waals surface area contributed by atoms with Gasteiger partial charge in [0, 0.05) is 43.3 Å². The summed E-state index contributed by atoms with van der Waals surface area (Å²) in [6.45, 7) is 2.45. The average molecular weight is 514 g/mol. The minimum Gasteiger partial charge on any atom is -0.366 e. The number of anilines is 2. The molecule has 2 heterocycles. The predicted octanol–water partition coefficient (Wildman–Crippen LogP) is 4.58. The van der Waals surface area contributed by atoms with Crippen LogP contribution < -0.4 is 9.21 Å². The molecule has 1 fully saturated rings. The molecule has 2 aliphatic rings. The third kappa shape index (κ3) is 4.60. The molecule has 0 aromatic heterocycles. The summed E-state index contributed by atoms with van der Waals surface area (Å²) in [6.07, 6.45) is 1.36. The first-order chi connectivity index (χ1) is 16.8. The summed E-state index contributed by atoms with van der Waals surface area (Å²) >= 11 is 5.92. The molecule has 1 saturated heterocycles. The zero-order chi connectivity index (χ0) is 24.6. The number of nitrogens with zero attached hydrogens (tertiary/aromatic N) is 3. The molecule has 0 aliphatic carbocycles. The number of fused-ring (bicyclic) bond motifs is 1. The number of halogens is 2. The van der Waals surface area contributed by atoms with Crippen molar-refractivity contribution in [3.63, 3.8) is 0 Å². The van der Waals surface area contributed by atoms with E-state index in [9.17, 15) is 17.6 Å². The minimum atomic E-state index is -3.74. The molecule has 1 amide bonds. The quantitative estimate of drug-likeness (QED) is 0.512. The number of rotatable bonds is 4. The van der Waals surface area contributed by atoms with Crippen LogP contribution in [-0.2, 0) is 16.4 Å². The highest BCUT2D eigenvalue weighted by atomic mass is 35.5. The molecule has 0 atom stereocenters. The SMILES string of the molecule is O=C(c1ccc2c(c1)CCCN2S(=O)(=O)c1ccc(Cl)cc1)N1CCN(c2ccccc2F)CC1. The molecule has 2 aliphatic heterocycles. The van der Waals surface area contributed by atoms with E-state index in [1.165, 1.54) is 22.5 Å².